The predicted molar refractivity (Wildman–Crippen MR) is 52.7 cm³/mol. The molecule has 82 valence electrons. The minimum Gasteiger partial charge on any atom is -0.477 e. The minimum absolute atomic E-state index is 0.0107. The molecular formula is C9H6Cl2F2O2. The van der Waals surface area contributed by atoms with Gasteiger partial charge in [-0.1, -0.05) is 23.2 Å². The number of carboxylic acid groups (broad SMARTS) is 1. The summed E-state index contributed by atoms with van der Waals surface area (Å²) >= 11 is 11.2. The van der Waals surface area contributed by atoms with Crippen molar-refractivity contribution >= 4 is 29.2 Å². The molecule has 0 spiro atoms. The highest BCUT2D eigenvalue weighted by Gasteiger charge is 2.39. The lowest BCUT2D eigenvalue weighted by Crippen LogP contribution is -2.30. The molecule has 0 saturated heterocycles. The number of hydrogen-bond acceptors (Lipinski definition) is 1. The van der Waals surface area contributed by atoms with Gasteiger partial charge in [0.05, 0.1) is 0 Å². The predicted octanol–water partition coefficient (Wildman–Crippen LogP) is 3.26. The summed E-state index contributed by atoms with van der Waals surface area (Å²) in [4.78, 5) is 10.2. The van der Waals surface area contributed by atoms with Gasteiger partial charge in [0.25, 0.3) is 0 Å². The maximum atomic E-state index is 12.8. The minimum atomic E-state index is -3.84. The zero-order valence-corrected chi connectivity index (χ0v) is 8.82. The monoisotopic (exact) mass is 254 g/mol. The van der Waals surface area contributed by atoms with Crippen molar-refractivity contribution < 1.29 is 18.7 Å². The Hall–Kier alpha value is -0.870. The highest BCUT2D eigenvalue weighted by molar-refractivity contribution is 6.33. The fourth-order valence-corrected chi connectivity index (χ4v) is 1.37. The molecule has 0 aliphatic rings. The van der Waals surface area contributed by atoms with Crippen LogP contribution in [0.1, 0.15) is 5.56 Å². The average Bonchev–Trinajstić information content (AvgIpc) is 2.10. The standard InChI is InChI=1S/C9H6Cl2F2O2/c10-6-1-2-7(11)5(3-6)4-9(12,13)8(14)15/h1-3H,4H2,(H,14,15). The number of benzene rings is 1. The van der Waals surface area contributed by atoms with Crippen LogP contribution in [0.15, 0.2) is 18.2 Å². The van der Waals surface area contributed by atoms with Crippen LogP contribution in [-0.4, -0.2) is 17.0 Å². The molecule has 1 aromatic rings. The van der Waals surface area contributed by atoms with Crippen LogP contribution in [0.2, 0.25) is 10.0 Å². The van der Waals surface area contributed by atoms with Crippen molar-refractivity contribution in [1.82, 2.24) is 0 Å². The van der Waals surface area contributed by atoms with E-state index in [0.717, 1.165) is 0 Å². The second-order valence-corrected chi connectivity index (χ2v) is 3.77. The van der Waals surface area contributed by atoms with Crippen LogP contribution in [0.4, 0.5) is 8.78 Å². The molecule has 6 heteroatoms. The van der Waals surface area contributed by atoms with Gasteiger partial charge < -0.3 is 5.11 Å². The molecule has 0 fully saturated rings. The van der Waals surface area contributed by atoms with E-state index in [1.54, 1.807) is 0 Å². The molecule has 0 unspecified atom stereocenters. The molecule has 0 amide bonds. The van der Waals surface area contributed by atoms with Crippen LogP contribution in [0.5, 0.6) is 0 Å². The van der Waals surface area contributed by atoms with E-state index < -0.39 is 18.3 Å². The van der Waals surface area contributed by atoms with Gasteiger partial charge in [0, 0.05) is 16.5 Å². The fraction of sp³-hybridized carbons (Fsp3) is 0.222. The summed E-state index contributed by atoms with van der Waals surface area (Å²) in [6, 6.07) is 4.00. The number of hydrogen-bond donors (Lipinski definition) is 1. The lowest BCUT2D eigenvalue weighted by Gasteiger charge is -2.12. The third-order valence-electron chi connectivity index (χ3n) is 1.73. The number of alkyl halides is 2. The highest BCUT2D eigenvalue weighted by Crippen LogP contribution is 2.27. The maximum absolute atomic E-state index is 12.8. The quantitative estimate of drug-likeness (QED) is 0.899. The summed E-state index contributed by atoms with van der Waals surface area (Å²) in [7, 11) is 0. The zero-order valence-electron chi connectivity index (χ0n) is 7.31. The van der Waals surface area contributed by atoms with Gasteiger partial charge in [-0.05, 0) is 23.8 Å². The first kappa shape index (κ1) is 12.2. The van der Waals surface area contributed by atoms with Crippen LogP contribution in [-0.2, 0) is 11.2 Å². The highest BCUT2D eigenvalue weighted by atomic mass is 35.5. The summed E-state index contributed by atoms with van der Waals surface area (Å²) in [6.07, 6.45) is -0.971. The summed E-state index contributed by atoms with van der Waals surface area (Å²) in [5.74, 6) is -6.02. The van der Waals surface area contributed by atoms with Crippen molar-refractivity contribution in [3.8, 4) is 0 Å². The van der Waals surface area contributed by atoms with Crippen LogP contribution in [0, 0.1) is 0 Å². The van der Waals surface area contributed by atoms with Gasteiger partial charge in [-0.25, -0.2) is 4.79 Å². The lowest BCUT2D eigenvalue weighted by atomic mass is 10.1. The normalized spacial score (nSPS) is 11.5. The third-order valence-corrected chi connectivity index (χ3v) is 2.34. The number of carboxylic acids is 1. The number of halogens is 4. The molecule has 0 aromatic heterocycles. The van der Waals surface area contributed by atoms with E-state index in [9.17, 15) is 13.6 Å². The topological polar surface area (TPSA) is 37.3 Å². The second-order valence-electron chi connectivity index (χ2n) is 2.92. The van der Waals surface area contributed by atoms with Crippen molar-refractivity contribution in [2.75, 3.05) is 0 Å². The Labute approximate surface area is 94.4 Å². The van der Waals surface area contributed by atoms with Gasteiger partial charge in [0.15, 0.2) is 0 Å². The molecule has 0 heterocycles. The first-order valence-corrected chi connectivity index (χ1v) is 4.63. The third kappa shape index (κ3) is 3.04. The molecule has 0 bridgehead atoms. The number of rotatable bonds is 3. The van der Waals surface area contributed by atoms with Crippen LogP contribution < -0.4 is 0 Å². The molecule has 0 atom stereocenters. The summed E-state index contributed by atoms with van der Waals surface area (Å²) < 4.78 is 25.7. The first-order chi connectivity index (χ1) is 6.83. The number of carbonyl (C=O) groups is 1. The molecule has 1 N–H and O–H groups in total. The van der Waals surface area contributed by atoms with Crippen molar-refractivity contribution in [2.45, 2.75) is 12.3 Å². The molecule has 15 heavy (non-hydrogen) atoms. The Kier molecular flexibility index (Phi) is 3.52. The summed E-state index contributed by atoms with van der Waals surface area (Å²) in [6.45, 7) is 0. The smallest absolute Gasteiger partial charge is 0.374 e. The Balaban J connectivity index is 2.99. The van der Waals surface area contributed by atoms with Crippen molar-refractivity contribution in [3.63, 3.8) is 0 Å². The SMILES string of the molecule is O=C(O)C(F)(F)Cc1cc(Cl)ccc1Cl. The first-order valence-electron chi connectivity index (χ1n) is 3.88. The molecule has 0 radical (unpaired) electrons. The Bertz CT molecular complexity index is 394. The largest absolute Gasteiger partial charge is 0.477 e. The molecular weight excluding hydrogens is 249 g/mol. The van der Waals surface area contributed by atoms with Gasteiger partial charge in [0.1, 0.15) is 0 Å². The van der Waals surface area contributed by atoms with E-state index >= 15 is 0 Å². The van der Waals surface area contributed by atoms with Crippen molar-refractivity contribution in [1.29, 1.82) is 0 Å². The Morgan fingerprint density at radius 3 is 2.53 bits per heavy atom. The van der Waals surface area contributed by atoms with E-state index in [0.29, 0.717) is 0 Å². The molecule has 2 nitrogen and oxygen atoms in total. The van der Waals surface area contributed by atoms with E-state index in [1.807, 2.05) is 0 Å². The fourth-order valence-electron chi connectivity index (χ4n) is 0.994. The van der Waals surface area contributed by atoms with Crippen molar-refractivity contribution in [2.24, 2.45) is 0 Å². The van der Waals surface area contributed by atoms with Gasteiger partial charge >= 0.3 is 11.9 Å². The van der Waals surface area contributed by atoms with Gasteiger partial charge in [-0.3, -0.25) is 0 Å². The van der Waals surface area contributed by atoms with Crippen molar-refractivity contribution in [3.05, 3.63) is 33.8 Å². The second kappa shape index (κ2) is 4.33. The molecule has 1 rings (SSSR count). The average molecular weight is 255 g/mol. The van der Waals surface area contributed by atoms with E-state index in [4.69, 9.17) is 28.3 Å². The maximum Gasteiger partial charge on any atom is 0.374 e. The molecule has 1 aromatic carbocycles. The van der Waals surface area contributed by atoms with Crippen LogP contribution in [0.25, 0.3) is 0 Å². The lowest BCUT2D eigenvalue weighted by molar-refractivity contribution is -0.164. The zero-order chi connectivity index (χ0) is 11.6. The van der Waals surface area contributed by atoms with Gasteiger partial charge in [-0.2, -0.15) is 8.78 Å². The van der Waals surface area contributed by atoms with Crippen LogP contribution >= 0.6 is 23.2 Å². The van der Waals surface area contributed by atoms with E-state index in [1.165, 1.54) is 18.2 Å². The molecule has 0 aliphatic heterocycles. The molecule has 0 saturated carbocycles. The van der Waals surface area contributed by atoms with E-state index in [-0.39, 0.29) is 15.6 Å². The summed E-state index contributed by atoms with van der Waals surface area (Å²) in [5, 5.41) is 8.54. The van der Waals surface area contributed by atoms with Gasteiger partial charge in [0.2, 0.25) is 0 Å². The molecule has 0 aliphatic carbocycles. The van der Waals surface area contributed by atoms with Gasteiger partial charge in [-0.15, -0.1) is 0 Å². The Morgan fingerprint density at radius 2 is 2.00 bits per heavy atom. The van der Waals surface area contributed by atoms with Crippen LogP contribution in [0.3, 0.4) is 0 Å². The summed E-state index contributed by atoms with van der Waals surface area (Å²) in [5.41, 5.74) is 0.0107. The number of aliphatic carboxylic acids is 1. The van der Waals surface area contributed by atoms with E-state index in [2.05, 4.69) is 0 Å². The Morgan fingerprint density at radius 1 is 1.40 bits per heavy atom.